The first-order chi connectivity index (χ1) is 18.2. The van der Waals surface area contributed by atoms with Crippen LogP contribution in [0, 0.1) is 5.92 Å². The molecule has 38 heavy (non-hydrogen) atoms. The fraction of sp³-hybridized carbons (Fsp3) is 0.414. The molecule has 9 heteroatoms. The first-order valence-corrected chi connectivity index (χ1v) is 13.3. The second-order valence-electron chi connectivity index (χ2n) is 9.43. The lowest BCUT2D eigenvalue weighted by Crippen LogP contribution is -2.38. The van der Waals surface area contributed by atoms with Crippen LogP contribution in [0.1, 0.15) is 56.1 Å². The van der Waals surface area contributed by atoms with Crippen LogP contribution in [-0.4, -0.2) is 50.5 Å². The Bertz CT molecular complexity index is 1320. The molecule has 0 spiro atoms. The van der Waals surface area contributed by atoms with Gasteiger partial charge in [-0.1, -0.05) is 13.0 Å². The van der Waals surface area contributed by atoms with Crippen LogP contribution >= 0.6 is 15.9 Å². The molecule has 0 saturated carbocycles. The number of halogens is 1. The van der Waals surface area contributed by atoms with Crippen molar-refractivity contribution in [3.63, 3.8) is 0 Å². The van der Waals surface area contributed by atoms with E-state index in [1.54, 1.807) is 33.3 Å². The monoisotopic (exact) mass is 585 g/mol. The van der Waals surface area contributed by atoms with E-state index in [4.69, 9.17) is 23.9 Å². The summed E-state index contributed by atoms with van der Waals surface area (Å²) in [5.41, 5.74) is 3.35. The topological polar surface area (TPSA) is 104 Å². The number of carbonyl (C=O) groups excluding carboxylic acids is 2. The molecule has 0 radical (unpaired) electrons. The number of methoxy groups -OCH3 is 3. The lowest BCUT2D eigenvalue weighted by Gasteiger charge is -2.36. The summed E-state index contributed by atoms with van der Waals surface area (Å²) in [6, 6.07) is 9.06. The van der Waals surface area contributed by atoms with Crippen LogP contribution in [0.3, 0.4) is 0 Å². The van der Waals surface area contributed by atoms with Crippen LogP contribution in [0.2, 0.25) is 0 Å². The smallest absolute Gasteiger partial charge is 0.315 e. The zero-order valence-corrected chi connectivity index (χ0v) is 23.8. The molecule has 3 atom stereocenters. The fourth-order valence-corrected chi connectivity index (χ4v) is 5.75. The average molecular weight is 586 g/mol. The van der Waals surface area contributed by atoms with Gasteiger partial charge in [-0.2, -0.15) is 0 Å². The summed E-state index contributed by atoms with van der Waals surface area (Å²) in [7, 11) is 4.61. The van der Waals surface area contributed by atoms with Crippen molar-refractivity contribution in [2.24, 2.45) is 10.9 Å². The van der Waals surface area contributed by atoms with Gasteiger partial charge >= 0.3 is 5.97 Å². The number of nitrogens with zero attached hydrogens (tertiary/aromatic N) is 1. The lowest BCUT2D eigenvalue weighted by atomic mass is 9.69. The minimum atomic E-state index is -0.775. The number of rotatable bonds is 8. The molecule has 2 aromatic rings. The van der Waals surface area contributed by atoms with E-state index in [0.29, 0.717) is 51.4 Å². The second-order valence-corrected chi connectivity index (χ2v) is 10.3. The predicted octanol–water partition coefficient (Wildman–Crippen LogP) is 5.71. The van der Waals surface area contributed by atoms with E-state index >= 15 is 0 Å². The van der Waals surface area contributed by atoms with Gasteiger partial charge < -0.3 is 24.1 Å². The third-order valence-electron chi connectivity index (χ3n) is 7.10. The number of ketones is 1. The third-order valence-corrected chi connectivity index (χ3v) is 7.70. The zero-order chi connectivity index (χ0) is 27.6. The van der Waals surface area contributed by atoms with Crippen molar-refractivity contribution in [1.29, 1.82) is 0 Å². The van der Waals surface area contributed by atoms with Gasteiger partial charge in [0.2, 0.25) is 0 Å². The number of aromatic hydroxyl groups is 1. The number of Topliss-reactive ketones (excluding diaryl/α,β-unsaturated/α-hetero) is 1. The van der Waals surface area contributed by atoms with Crippen molar-refractivity contribution in [1.82, 2.24) is 0 Å². The third kappa shape index (κ3) is 5.16. The molecular formula is C29H32BrNO7. The zero-order valence-electron chi connectivity index (χ0n) is 22.2. The van der Waals surface area contributed by atoms with Crippen molar-refractivity contribution >= 4 is 33.4 Å². The van der Waals surface area contributed by atoms with Crippen molar-refractivity contribution in [3.05, 3.63) is 57.2 Å². The molecule has 2 aliphatic rings. The molecule has 0 saturated heterocycles. The Kier molecular flexibility index (Phi) is 8.45. The van der Waals surface area contributed by atoms with Gasteiger partial charge in [-0.15, -0.1) is 0 Å². The number of esters is 1. The summed E-state index contributed by atoms with van der Waals surface area (Å²) in [4.78, 5) is 31.9. The van der Waals surface area contributed by atoms with Gasteiger partial charge in [-0.05, 0) is 77.0 Å². The molecule has 1 unspecified atom stereocenters. The quantitative estimate of drug-likeness (QED) is 0.396. The molecule has 8 nitrogen and oxygen atoms in total. The molecule has 0 aromatic heterocycles. The largest absolute Gasteiger partial charge is 0.503 e. The fourth-order valence-electron chi connectivity index (χ4n) is 5.29. The van der Waals surface area contributed by atoms with E-state index in [1.807, 2.05) is 25.1 Å². The van der Waals surface area contributed by atoms with Gasteiger partial charge in [-0.3, -0.25) is 14.6 Å². The van der Waals surface area contributed by atoms with E-state index < -0.39 is 17.8 Å². The summed E-state index contributed by atoms with van der Waals surface area (Å²) < 4.78 is 22.2. The number of hydrogen-bond donors (Lipinski definition) is 1. The number of hydrogen-bond acceptors (Lipinski definition) is 8. The van der Waals surface area contributed by atoms with E-state index in [9.17, 15) is 14.7 Å². The molecule has 0 fully saturated rings. The summed E-state index contributed by atoms with van der Waals surface area (Å²) >= 11 is 3.39. The van der Waals surface area contributed by atoms with Gasteiger partial charge in [0, 0.05) is 29.3 Å². The normalized spacial score (nSPS) is 20.9. The van der Waals surface area contributed by atoms with Crippen molar-refractivity contribution in [3.8, 4) is 23.0 Å². The number of ether oxygens (including phenoxy) is 4. The molecule has 1 aliphatic heterocycles. The van der Waals surface area contributed by atoms with Crippen LogP contribution in [0.4, 0.5) is 0 Å². The number of aliphatic imine (C=N–C) groups is 1. The lowest BCUT2D eigenvalue weighted by molar-refractivity contribution is -0.146. The van der Waals surface area contributed by atoms with Crippen molar-refractivity contribution < 1.29 is 33.6 Å². The summed E-state index contributed by atoms with van der Waals surface area (Å²) in [6.45, 7) is 4.00. The number of allylic oxidation sites excluding steroid dienone is 2. The van der Waals surface area contributed by atoms with Crippen LogP contribution < -0.4 is 14.2 Å². The highest BCUT2D eigenvalue weighted by molar-refractivity contribution is 9.10. The van der Waals surface area contributed by atoms with Crippen molar-refractivity contribution in [2.45, 2.75) is 44.9 Å². The van der Waals surface area contributed by atoms with E-state index in [1.165, 1.54) is 7.11 Å². The molecule has 202 valence electrons. The molecule has 1 heterocycles. The highest BCUT2D eigenvalue weighted by Crippen LogP contribution is 2.49. The Morgan fingerprint density at radius 2 is 1.71 bits per heavy atom. The second kappa shape index (κ2) is 11.6. The molecule has 1 N–H and O–H groups in total. The molecule has 2 aromatic carbocycles. The Labute approximate surface area is 230 Å². The van der Waals surface area contributed by atoms with Crippen LogP contribution in [0.25, 0.3) is 0 Å². The summed E-state index contributed by atoms with van der Waals surface area (Å²) in [5.74, 6) is -0.624. The number of carbonyl (C=O) groups is 2. The van der Waals surface area contributed by atoms with Crippen LogP contribution in [0.5, 0.6) is 23.0 Å². The average Bonchev–Trinajstić information content (AvgIpc) is 2.91. The van der Waals surface area contributed by atoms with Gasteiger partial charge in [-0.25, -0.2) is 0 Å². The molecule has 0 bridgehead atoms. The SMILES string of the molecule is CCCOC(=O)C1C(C)=NC2=C(C(=O)C[C@@H](c3ccc(OC)c(OC)c3)C2)[C@H]1c1cc(Br)c(O)c(OC)c1. The number of phenolic OH excluding ortho intramolecular Hbond substituents is 1. The highest BCUT2D eigenvalue weighted by atomic mass is 79.9. The standard InChI is InChI=1S/C29H32BrNO7/c1-6-9-38-29(34)25-15(2)31-20-11-17(16-7-8-22(35-3)23(13-16)36-4)12-21(32)27(20)26(25)18-10-19(30)28(33)24(14-18)37-5/h7-8,10,13-14,17,25-26,33H,6,9,11-12H2,1-5H3/t17-,25?,26-/m0/s1. The highest BCUT2D eigenvalue weighted by Gasteiger charge is 2.45. The molecular weight excluding hydrogens is 554 g/mol. The van der Waals surface area contributed by atoms with Gasteiger partial charge in [0.25, 0.3) is 0 Å². The van der Waals surface area contributed by atoms with E-state index in [0.717, 1.165) is 5.56 Å². The van der Waals surface area contributed by atoms with Gasteiger partial charge in [0.1, 0.15) is 5.92 Å². The Hall–Kier alpha value is -3.33. The summed E-state index contributed by atoms with van der Waals surface area (Å²) in [6.07, 6.45) is 1.46. The van der Waals surface area contributed by atoms with Gasteiger partial charge in [0.15, 0.2) is 28.8 Å². The molecule has 1 aliphatic carbocycles. The van der Waals surface area contributed by atoms with Crippen LogP contribution in [-0.2, 0) is 14.3 Å². The Balaban J connectivity index is 1.82. The minimum Gasteiger partial charge on any atom is -0.503 e. The number of benzene rings is 2. The maximum Gasteiger partial charge on any atom is 0.315 e. The minimum absolute atomic E-state index is 0.0553. The number of phenols is 1. The molecule has 4 rings (SSSR count). The summed E-state index contributed by atoms with van der Waals surface area (Å²) in [5, 5.41) is 10.4. The van der Waals surface area contributed by atoms with E-state index in [-0.39, 0.29) is 36.2 Å². The first-order valence-electron chi connectivity index (χ1n) is 12.5. The van der Waals surface area contributed by atoms with Gasteiger partial charge in [0.05, 0.1) is 32.4 Å². The first kappa shape index (κ1) is 27.7. The van der Waals surface area contributed by atoms with Crippen LogP contribution in [0.15, 0.2) is 51.1 Å². The Morgan fingerprint density at radius 3 is 2.37 bits per heavy atom. The maximum atomic E-state index is 13.8. The predicted molar refractivity (Wildman–Crippen MR) is 147 cm³/mol. The Morgan fingerprint density at radius 1 is 1.03 bits per heavy atom. The van der Waals surface area contributed by atoms with Crippen molar-refractivity contribution in [2.75, 3.05) is 27.9 Å². The maximum absolute atomic E-state index is 13.8. The van der Waals surface area contributed by atoms with E-state index in [2.05, 4.69) is 15.9 Å². The molecule has 0 amide bonds.